The highest BCUT2D eigenvalue weighted by Crippen LogP contribution is 1.90. The summed E-state index contributed by atoms with van der Waals surface area (Å²) in [5.41, 5.74) is 0. The van der Waals surface area contributed by atoms with Crippen LogP contribution >= 0.6 is 0 Å². The molecule has 2 heteroatoms. The standard InChI is InChI=1S/C5H13N2/c1-5(2)4-7(3)6/h5-6H,4H2,1-3H3. The maximum atomic E-state index is 6.94. The predicted octanol–water partition coefficient (Wildman–Crippen LogP) is 0.772. The Labute approximate surface area is 45.3 Å². The molecule has 0 rings (SSSR count). The van der Waals surface area contributed by atoms with Crippen molar-refractivity contribution in [2.45, 2.75) is 13.8 Å². The first kappa shape index (κ1) is 6.92. The van der Waals surface area contributed by atoms with Crippen LogP contribution in [0.2, 0.25) is 0 Å². The highest BCUT2D eigenvalue weighted by atomic mass is 15.4. The SMILES string of the molecule is CC(C)CN(C)[NH]. The molecular formula is C5H13N2. The van der Waals surface area contributed by atoms with Crippen molar-refractivity contribution >= 4 is 0 Å². The number of hydrogen-bond acceptors (Lipinski definition) is 1. The highest BCUT2D eigenvalue weighted by molar-refractivity contribution is 4.44. The minimum Gasteiger partial charge on any atom is -0.233 e. The van der Waals surface area contributed by atoms with Gasteiger partial charge in [-0.3, -0.25) is 0 Å². The van der Waals surface area contributed by atoms with Crippen molar-refractivity contribution < 1.29 is 0 Å². The van der Waals surface area contributed by atoms with Crippen LogP contribution in [-0.4, -0.2) is 18.6 Å². The van der Waals surface area contributed by atoms with Gasteiger partial charge in [0, 0.05) is 13.6 Å². The van der Waals surface area contributed by atoms with Crippen molar-refractivity contribution in [3.8, 4) is 0 Å². The molecular weight excluding hydrogens is 88.1 g/mol. The van der Waals surface area contributed by atoms with Crippen LogP contribution in [0.4, 0.5) is 0 Å². The van der Waals surface area contributed by atoms with Gasteiger partial charge >= 0.3 is 0 Å². The van der Waals surface area contributed by atoms with Crippen molar-refractivity contribution in [3.05, 3.63) is 0 Å². The van der Waals surface area contributed by atoms with Crippen molar-refractivity contribution in [2.24, 2.45) is 5.92 Å². The van der Waals surface area contributed by atoms with Gasteiger partial charge in [-0.1, -0.05) is 13.8 Å². The van der Waals surface area contributed by atoms with Crippen LogP contribution in [0.1, 0.15) is 13.8 Å². The zero-order valence-electron chi connectivity index (χ0n) is 5.23. The van der Waals surface area contributed by atoms with E-state index in [1.165, 1.54) is 5.01 Å². The molecule has 0 heterocycles. The Bertz CT molecular complexity index is 35.3. The van der Waals surface area contributed by atoms with E-state index in [1.807, 2.05) is 0 Å². The molecule has 7 heavy (non-hydrogen) atoms. The second-order valence-electron chi connectivity index (χ2n) is 2.27. The molecule has 0 atom stereocenters. The van der Waals surface area contributed by atoms with Crippen molar-refractivity contribution in [2.75, 3.05) is 13.6 Å². The average molecular weight is 101 g/mol. The van der Waals surface area contributed by atoms with Gasteiger partial charge in [0.25, 0.3) is 0 Å². The molecule has 0 spiro atoms. The van der Waals surface area contributed by atoms with Gasteiger partial charge in [-0.05, 0) is 5.92 Å². The summed E-state index contributed by atoms with van der Waals surface area (Å²) in [6, 6.07) is 0. The molecule has 0 amide bonds. The summed E-state index contributed by atoms with van der Waals surface area (Å²) in [4.78, 5) is 0. The van der Waals surface area contributed by atoms with E-state index in [2.05, 4.69) is 13.8 Å². The molecule has 0 fully saturated rings. The third-order valence-electron chi connectivity index (χ3n) is 0.639. The Morgan fingerprint density at radius 3 is 2.00 bits per heavy atom. The van der Waals surface area contributed by atoms with Crippen LogP contribution in [0.5, 0.6) is 0 Å². The predicted molar refractivity (Wildman–Crippen MR) is 30.6 cm³/mol. The topological polar surface area (TPSA) is 27.0 Å². The number of hydrogen-bond donors (Lipinski definition) is 0. The molecule has 2 nitrogen and oxygen atoms in total. The van der Waals surface area contributed by atoms with Gasteiger partial charge in [-0.2, -0.15) is 5.84 Å². The van der Waals surface area contributed by atoms with Gasteiger partial charge in [0.2, 0.25) is 0 Å². The zero-order valence-corrected chi connectivity index (χ0v) is 5.23. The molecule has 0 unspecified atom stereocenters. The van der Waals surface area contributed by atoms with E-state index in [0.717, 1.165) is 6.54 Å². The first-order valence-electron chi connectivity index (χ1n) is 2.55. The number of nitrogens with zero attached hydrogens (tertiary/aromatic N) is 1. The van der Waals surface area contributed by atoms with E-state index in [-0.39, 0.29) is 0 Å². The van der Waals surface area contributed by atoms with E-state index in [0.29, 0.717) is 5.92 Å². The lowest BCUT2D eigenvalue weighted by Gasteiger charge is -2.09. The molecule has 0 aliphatic carbocycles. The molecule has 0 bridgehead atoms. The molecule has 1 N–H and O–H groups in total. The van der Waals surface area contributed by atoms with Crippen LogP contribution in [0.25, 0.3) is 0 Å². The van der Waals surface area contributed by atoms with Crippen LogP contribution in [-0.2, 0) is 0 Å². The molecule has 0 aliphatic heterocycles. The van der Waals surface area contributed by atoms with Crippen molar-refractivity contribution in [1.29, 1.82) is 0 Å². The van der Waals surface area contributed by atoms with Gasteiger partial charge in [-0.15, -0.1) is 0 Å². The quantitative estimate of drug-likeness (QED) is 0.472. The Hall–Kier alpha value is -0.0800. The minimum atomic E-state index is 0.613. The lowest BCUT2D eigenvalue weighted by molar-refractivity contribution is 0.290. The fourth-order valence-corrected chi connectivity index (χ4v) is 0.548. The Morgan fingerprint density at radius 1 is 1.57 bits per heavy atom. The fourth-order valence-electron chi connectivity index (χ4n) is 0.548. The average Bonchev–Trinajstić information content (AvgIpc) is 1.27. The largest absolute Gasteiger partial charge is 0.233 e. The fraction of sp³-hybridized carbons (Fsp3) is 1.00. The third-order valence-corrected chi connectivity index (χ3v) is 0.639. The maximum Gasteiger partial charge on any atom is 0.0164 e. The highest BCUT2D eigenvalue weighted by Gasteiger charge is 1.93. The summed E-state index contributed by atoms with van der Waals surface area (Å²) in [7, 11) is 1.76. The molecule has 0 aromatic rings. The summed E-state index contributed by atoms with van der Waals surface area (Å²) in [6.07, 6.45) is 0. The van der Waals surface area contributed by atoms with E-state index in [9.17, 15) is 0 Å². The summed E-state index contributed by atoms with van der Waals surface area (Å²) < 4.78 is 0. The van der Waals surface area contributed by atoms with Gasteiger partial charge in [0.05, 0.1) is 0 Å². The number of rotatable bonds is 2. The van der Waals surface area contributed by atoms with Crippen LogP contribution < -0.4 is 5.84 Å². The Balaban J connectivity index is 2.95. The third kappa shape index (κ3) is 5.92. The second kappa shape index (κ2) is 2.99. The Morgan fingerprint density at radius 2 is 2.00 bits per heavy atom. The van der Waals surface area contributed by atoms with Crippen LogP contribution in [0.15, 0.2) is 0 Å². The first-order valence-corrected chi connectivity index (χ1v) is 2.55. The molecule has 0 saturated carbocycles. The first-order chi connectivity index (χ1) is 3.13. The van der Waals surface area contributed by atoms with Crippen molar-refractivity contribution in [3.63, 3.8) is 0 Å². The van der Waals surface area contributed by atoms with Crippen LogP contribution in [0.3, 0.4) is 0 Å². The van der Waals surface area contributed by atoms with Gasteiger partial charge in [0.15, 0.2) is 0 Å². The van der Waals surface area contributed by atoms with E-state index >= 15 is 0 Å². The van der Waals surface area contributed by atoms with Crippen LogP contribution in [0, 0.1) is 5.92 Å². The van der Waals surface area contributed by atoms with Gasteiger partial charge < -0.3 is 0 Å². The van der Waals surface area contributed by atoms with E-state index < -0.39 is 0 Å². The molecule has 0 saturated heterocycles. The monoisotopic (exact) mass is 101 g/mol. The zero-order chi connectivity index (χ0) is 5.86. The summed E-state index contributed by atoms with van der Waals surface area (Å²) >= 11 is 0. The van der Waals surface area contributed by atoms with Gasteiger partial charge in [-0.25, -0.2) is 5.01 Å². The smallest absolute Gasteiger partial charge is 0.0164 e. The second-order valence-corrected chi connectivity index (χ2v) is 2.27. The summed E-state index contributed by atoms with van der Waals surface area (Å²) in [5, 5.41) is 1.45. The molecule has 1 radical (unpaired) electrons. The summed E-state index contributed by atoms with van der Waals surface area (Å²) in [5.74, 6) is 7.55. The van der Waals surface area contributed by atoms with Gasteiger partial charge in [0.1, 0.15) is 0 Å². The van der Waals surface area contributed by atoms with Crippen molar-refractivity contribution in [1.82, 2.24) is 10.9 Å². The summed E-state index contributed by atoms with van der Waals surface area (Å²) in [6.45, 7) is 5.07. The Kier molecular flexibility index (Phi) is 2.96. The molecule has 43 valence electrons. The minimum absolute atomic E-state index is 0.613. The normalized spacial score (nSPS) is 11.1. The molecule has 0 aromatic heterocycles. The molecule has 0 aliphatic rings. The van der Waals surface area contributed by atoms with E-state index in [4.69, 9.17) is 5.84 Å². The van der Waals surface area contributed by atoms with E-state index in [1.54, 1.807) is 7.05 Å². The lowest BCUT2D eigenvalue weighted by Crippen LogP contribution is -2.20. The lowest BCUT2D eigenvalue weighted by atomic mass is 10.2. The molecule has 0 aromatic carbocycles. The maximum absolute atomic E-state index is 6.94. The number of nitrogens with one attached hydrogen (secondary N) is 1.